The van der Waals surface area contributed by atoms with Gasteiger partial charge in [0, 0.05) is 28.8 Å². The van der Waals surface area contributed by atoms with E-state index in [-0.39, 0.29) is 11.5 Å². The van der Waals surface area contributed by atoms with Gasteiger partial charge in [0.15, 0.2) is 0 Å². The zero-order valence-corrected chi connectivity index (χ0v) is 14.0. The highest BCUT2D eigenvalue weighted by Gasteiger charge is 2.13. The minimum atomic E-state index is -0.103. The third kappa shape index (κ3) is 2.04. The van der Waals surface area contributed by atoms with Gasteiger partial charge in [-0.3, -0.25) is 9.59 Å². The first-order chi connectivity index (χ1) is 12.6. The minimum absolute atomic E-state index is 0.0980. The molecule has 3 N–H and O–H groups in total. The highest BCUT2D eigenvalue weighted by molar-refractivity contribution is 6.21. The van der Waals surface area contributed by atoms with E-state index in [1.165, 1.54) is 6.92 Å². The van der Waals surface area contributed by atoms with Gasteiger partial charge in [-0.15, -0.1) is 0 Å². The lowest BCUT2D eigenvalue weighted by molar-refractivity contribution is -0.114. The van der Waals surface area contributed by atoms with Gasteiger partial charge in [-0.1, -0.05) is 36.4 Å². The summed E-state index contributed by atoms with van der Waals surface area (Å²) in [4.78, 5) is 30.4. The lowest BCUT2D eigenvalue weighted by Crippen LogP contribution is -2.05. The molecule has 0 saturated carbocycles. The van der Waals surface area contributed by atoms with Gasteiger partial charge in [-0.25, -0.2) is 0 Å². The Morgan fingerprint density at radius 3 is 2.54 bits per heavy atom. The molecule has 0 spiro atoms. The van der Waals surface area contributed by atoms with Crippen molar-refractivity contribution in [2.45, 2.75) is 6.92 Å². The Morgan fingerprint density at radius 1 is 0.885 bits per heavy atom. The molecule has 0 unspecified atom stereocenters. The van der Waals surface area contributed by atoms with E-state index in [2.05, 4.69) is 15.3 Å². The molecule has 2 heterocycles. The molecule has 3 aromatic carbocycles. The molecule has 0 bridgehead atoms. The Bertz CT molecular complexity index is 1410. The lowest BCUT2D eigenvalue weighted by Gasteiger charge is -2.05. The Labute approximate surface area is 147 Å². The Morgan fingerprint density at radius 2 is 1.69 bits per heavy atom. The van der Waals surface area contributed by atoms with Crippen molar-refractivity contribution in [3.8, 4) is 0 Å². The largest absolute Gasteiger partial charge is 0.353 e. The standard InChI is InChI=1S/C21H15N3O2/c1-11(25)22-13-7-9-14-12(10-13)6-8-16-18-20(24-19(14)16)15-4-2-3-5-17(15)23-21(18)26/h2-10,24H,1H3,(H,22,25)(H,23,26). The fraction of sp³-hybridized carbons (Fsp3) is 0.0476. The van der Waals surface area contributed by atoms with Crippen LogP contribution >= 0.6 is 0 Å². The van der Waals surface area contributed by atoms with Crippen molar-refractivity contribution in [1.29, 1.82) is 0 Å². The molecule has 5 heteroatoms. The molecule has 5 aromatic rings. The number of aromatic amines is 2. The molecular weight excluding hydrogens is 326 g/mol. The normalized spacial score (nSPS) is 11.6. The number of carbonyl (C=O) groups is 1. The van der Waals surface area contributed by atoms with Gasteiger partial charge in [0.05, 0.1) is 21.9 Å². The highest BCUT2D eigenvalue weighted by atomic mass is 16.1. The number of aromatic nitrogens is 2. The number of fused-ring (bicyclic) bond motifs is 7. The second-order valence-electron chi connectivity index (χ2n) is 6.48. The van der Waals surface area contributed by atoms with E-state index >= 15 is 0 Å². The second-order valence-corrected chi connectivity index (χ2v) is 6.48. The zero-order chi connectivity index (χ0) is 17.8. The maximum absolute atomic E-state index is 12.7. The van der Waals surface area contributed by atoms with Crippen LogP contribution in [0.5, 0.6) is 0 Å². The molecule has 2 aromatic heterocycles. The summed E-state index contributed by atoms with van der Waals surface area (Å²) in [6, 6.07) is 17.5. The number of benzene rings is 3. The molecule has 26 heavy (non-hydrogen) atoms. The number of nitrogens with one attached hydrogen (secondary N) is 3. The van der Waals surface area contributed by atoms with Crippen LogP contribution in [0.15, 0.2) is 59.4 Å². The van der Waals surface area contributed by atoms with E-state index in [4.69, 9.17) is 0 Å². The summed E-state index contributed by atoms with van der Waals surface area (Å²) >= 11 is 0. The average molecular weight is 341 g/mol. The quantitative estimate of drug-likeness (QED) is 0.426. The van der Waals surface area contributed by atoms with Crippen LogP contribution in [0.25, 0.3) is 43.5 Å². The smallest absolute Gasteiger partial charge is 0.258 e. The van der Waals surface area contributed by atoms with Gasteiger partial charge in [0.2, 0.25) is 5.91 Å². The molecular formula is C21H15N3O2. The Balaban J connectivity index is 1.91. The number of hydrogen-bond acceptors (Lipinski definition) is 2. The molecule has 0 radical (unpaired) electrons. The van der Waals surface area contributed by atoms with Crippen molar-refractivity contribution in [2.24, 2.45) is 0 Å². The number of pyridine rings is 1. The first kappa shape index (κ1) is 14.7. The maximum atomic E-state index is 12.7. The molecule has 0 aliphatic rings. The monoisotopic (exact) mass is 341 g/mol. The number of H-pyrrole nitrogens is 2. The van der Waals surface area contributed by atoms with Crippen molar-refractivity contribution >= 4 is 55.1 Å². The molecule has 0 atom stereocenters. The number of rotatable bonds is 1. The molecule has 5 nitrogen and oxygen atoms in total. The van der Waals surface area contributed by atoms with Crippen LogP contribution in [0.4, 0.5) is 5.69 Å². The third-order valence-corrected chi connectivity index (χ3v) is 4.78. The predicted octanol–water partition coefficient (Wildman–Crippen LogP) is 4.27. The summed E-state index contributed by atoms with van der Waals surface area (Å²) < 4.78 is 0. The van der Waals surface area contributed by atoms with Gasteiger partial charge < -0.3 is 15.3 Å². The van der Waals surface area contributed by atoms with E-state index in [0.717, 1.165) is 43.8 Å². The summed E-state index contributed by atoms with van der Waals surface area (Å²) in [7, 11) is 0. The van der Waals surface area contributed by atoms with Crippen LogP contribution in [-0.4, -0.2) is 15.9 Å². The van der Waals surface area contributed by atoms with E-state index in [1.807, 2.05) is 54.6 Å². The van der Waals surface area contributed by atoms with E-state index in [9.17, 15) is 9.59 Å². The fourth-order valence-corrected chi connectivity index (χ4v) is 3.71. The van der Waals surface area contributed by atoms with Crippen molar-refractivity contribution < 1.29 is 4.79 Å². The van der Waals surface area contributed by atoms with Crippen LogP contribution in [-0.2, 0) is 4.79 Å². The first-order valence-corrected chi connectivity index (χ1v) is 8.38. The predicted molar refractivity (Wildman–Crippen MR) is 106 cm³/mol. The molecule has 0 aliphatic heterocycles. The SMILES string of the molecule is CC(=O)Nc1ccc2c(ccc3c2[nH]c2c4ccccc4[nH]c(=O)c32)c1. The van der Waals surface area contributed by atoms with Crippen LogP contribution in [0, 0.1) is 0 Å². The van der Waals surface area contributed by atoms with Crippen LogP contribution < -0.4 is 10.9 Å². The van der Waals surface area contributed by atoms with Gasteiger partial charge in [-0.2, -0.15) is 0 Å². The summed E-state index contributed by atoms with van der Waals surface area (Å²) in [5, 5.41) is 7.36. The molecule has 126 valence electrons. The van der Waals surface area contributed by atoms with E-state index in [0.29, 0.717) is 5.39 Å². The molecule has 5 rings (SSSR count). The summed E-state index contributed by atoms with van der Waals surface area (Å²) in [5.41, 5.74) is 3.24. The Kier molecular flexibility index (Phi) is 2.94. The van der Waals surface area contributed by atoms with Crippen molar-refractivity contribution in [1.82, 2.24) is 9.97 Å². The van der Waals surface area contributed by atoms with Crippen LogP contribution in [0.3, 0.4) is 0 Å². The number of anilines is 1. The van der Waals surface area contributed by atoms with Gasteiger partial charge in [-0.05, 0) is 23.6 Å². The maximum Gasteiger partial charge on any atom is 0.258 e. The number of carbonyl (C=O) groups excluding carboxylic acids is 1. The Hall–Kier alpha value is -3.60. The minimum Gasteiger partial charge on any atom is -0.353 e. The van der Waals surface area contributed by atoms with Crippen LogP contribution in [0.1, 0.15) is 6.92 Å². The van der Waals surface area contributed by atoms with Crippen LogP contribution in [0.2, 0.25) is 0 Å². The van der Waals surface area contributed by atoms with Crippen molar-refractivity contribution in [2.75, 3.05) is 5.32 Å². The van der Waals surface area contributed by atoms with Gasteiger partial charge >= 0.3 is 0 Å². The third-order valence-electron chi connectivity index (χ3n) is 4.78. The van der Waals surface area contributed by atoms with Gasteiger partial charge in [0.25, 0.3) is 5.56 Å². The topological polar surface area (TPSA) is 77.8 Å². The van der Waals surface area contributed by atoms with E-state index in [1.54, 1.807) is 0 Å². The fourth-order valence-electron chi connectivity index (χ4n) is 3.71. The summed E-state index contributed by atoms with van der Waals surface area (Å²) in [6.07, 6.45) is 0. The van der Waals surface area contributed by atoms with E-state index < -0.39 is 0 Å². The van der Waals surface area contributed by atoms with Crippen molar-refractivity contribution in [3.63, 3.8) is 0 Å². The zero-order valence-electron chi connectivity index (χ0n) is 14.0. The molecule has 0 fully saturated rings. The van der Waals surface area contributed by atoms with Gasteiger partial charge in [0.1, 0.15) is 0 Å². The highest BCUT2D eigenvalue weighted by Crippen LogP contribution is 2.33. The molecule has 0 saturated heterocycles. The average Bonchev–Trinajstić information content (AvgIpc) is 3.02. The molecule has 1 amide bonds. The second kappa shape index (κ2) is 5.20. The number of hydrogen-bond donors (Lipinski definition) is 3. The first-order valence-electron chi connectivity index (χ1n) is 8.38. The number of para-hydroxylation sites is 1. The molecule has 0 aliphatic carbocycles. The summed E-state index contributed by atoms with van der Waals surface area (Å²) in [6.45, 7) is 1.49. The lowest BCUT2D eigenvalue weighted by atomic mass is 10.0. The summed E-state index contributed by atoms with van der Waals surface area (Å²) in [5.74, 6) is -0.103. The van der Waals surface area contributed by atoms with Crippen molar-refractivity contribution in [3.05, 3.63) is 65.0 Å². The number of amides is 1.